The Balaban J connectivity index is 0.000000254. The number of hydrogen-bond donors (Lipinski definition) is 0. The first-order valence-electron chi connectivity index (χ1n) is 7.88. The van der Waals surface area contributed by atoms with Crippen molar-refractivity contribution in [1.29, 1.82) is 0 Å². The van der Waals surface area contributed by atoms with Gasteiger partial charge in [-0.2, -0.15) is 0 Å². The van der Waals surface area contributed by atoms with Crippen LogP contribution in [0.15, 0.2) is 12.5 Å². The lowest BCUT2D eigenvalue weighted by Crippen LogP contribution is -2.28. The minimum Gasteiger partial charge on any atom is -0.462 e. The van der Waals surface area contributed by atoms with Gasteiger partial charge in [-0.25, -0.2) is 4.79 Å². The molecule has 2 aliphatic heterocycles. The van der Waals surface area contributed by atoms with Crippen LogP contribution in [0, 0.1) is 10.8 Å². The van der Waals surface area contributed by atoms with E-state index in [4.69, 9.17) is 14.2 Å². The molecule has 0 aromatic heterocycles. The van der Waals surface area contributed by atoms with Crippen LogP contribution in [-0.2, 0) is 28.5 Å². The monoisotopic (exact) mass is 344 g/mol. The van der Waals surface area contributed by atoms with Crippen molar-refractivity contribution in [1.82, 2.24) is 0 Å². The Kier molecular flexibility index (Phi) is 6.51. The molecule has 0 aromatic carbocycles. The van der Waals surface area contributed by atoms with Crippen molar-refractivity contribution >= 4 is 12.1 Å². The second kappa shape index (κ2) is 7.77. The maximum absolute atomic E-state index is 11.3. The zero-order valence-electron chi connectivity index (χ0n) is 15.3. The van der Waals surface area contributed by atoms with E-state index in [9.17, 15) is 9.59 Å². The number of carbonyl (C=O) groups is 2. The molecule has 0 N–H and O–H groups in total. The molecule has 138 valence electrons. The van der Waals surface area contributed by atoms with E-state index in [0.717, 1.165) is 0 Å². The highest BCUT2D eigenvalue weighted by atomic mass is 16.8. The van der Waals surface area contributed by atoms with Crippen molar-refractivity contribution < 1.29 is 33.3 Å². The number of hydrogen-bond acceptors (Lipinski definition) is 7. The number of carbonyl (C=O) groups excluding carboxylic acids is 2. The zero-order chi connectivity index (χ0) is 18.5. The van der Waals surface area contributed by atoms with Crippen LogP contribution in [0.3, 0.4) is 0 Å². The van der Waals surface area contributed by atoms with Gasteiger partial charge in [0.25, 0.3) is 5.95 Å². The van der Waals surface area contributed by atoms with E-state index in [1.54, 1.807) is 20.8 Å². The van der Waals surface area contributed by atoms with Gasteiger partial charge in [-0.05, 0) is 27.4 Å². The second-order valence-electron chi connectivity index (χ2n) is 7.80. The van der Waals surface area contributed by atoms with Crippen LogP contribution in [-0.4, -0.2) is 44.2 Å². The van der Waals surface area contributed by atoms with Gasteiger partial charge in [0, 0.05) is 5.41 Å². The fraction of sp³-hybridized carbons (Fsp3) is 0.765. The Morgan fingerprint density at radius 3 is 2.08 bits per heavy atom. The molecule has 24 heavy (non-hydrogen) atoms. The molecule has 0 radical (unpaired) electrons. The summed E-state index contributed by atoms with van der Waals surface area (Å²) in [5, 5.41) is 0. The van der Waals surface area contributed by atoms with Crippen LogP contribution in [0.4, 0.5) is 4.79 Å². The van der Waals surface area contributed by atoms with Gasteiger partial charge in [-0.15, -0.1) is 0 Å². The number of esters is 1. The van der Waals surface area contributed by atoms with Crippen molar-refractivity contribution in [3.8, 4) is 0 Å². The summed E-state index contributed by atoms with van der Waals surface area (Å²) in [6.45, 7) is 16.1. The fourth-order valence-electron chi connectivity index (χ4n) is 1.65. The van der Waals surface area contributed by atoms with Crippen molar-refractivity contribution in [2.24, 2.45) is 10.8 Å². The summed E-state index contributed by atoms with van der Waals surface area (Å²) in [6.07, 6.45) is -1.00. The van der Waals surface area contributed by atoms with Crippen LogP contribution in [0.2, 0.25) is 0 Å². The zero-order valence-corrected chi connectivity index (χ0v) is 15.3. The van der Waals surface area contributed by atoms with Gasteiger partial charge in [0.15, 0.2) is 6.10 Å². The molecule has 2 saturated heterocycles. The Bertz CT molecular complexity index is 470. The van der Waals surface area contributed by atoms with Crippen LogP contribution >= 0.6 is 0 Å². The lowest BCUT2D eigenvalue weighted by Gasteiger charge is -2.23. The molecule has 2 rings (SSSR count). The molecular weight excluding hydrogens is 316 g/mol. The summed E-state index contributed by atoms with van der Waals surface area (Å²) in [5.74, 6) is 0.139. The van der Waals surface area contributed by atoms with E-state index >= 15 is 0 Å². The maximum atomic E-state index is 11.3. The highest BCUT2D eigenvalue weighted by molar-refractivity contribution is 5.75. The first kappa shape index (κ1) is 20.1. The molecule has 0 aliphatic carbocycles. The predicted octanol–water partition coefficient (Wildman–Crippen LogP) is 3.03. The van der Waals surface area contributed by atoms with E-state index in [1.807, 2.05) is 0 Å². The lowest BCUT2D eigenvalue weighted by atomic mass is 9.90. The Hall–Kier alpha value is -1.92. The van der Waals surface area contributed by atoms with Crippen molar-refractivity contribution in [2.75, 3.05) is 19.8 Å². The maximum Gasteiger partial charge on any atom is 0.508 e. The van der Waals surface area contributed by atoms with Crippen molar-refractivity contribution in [2.45, 2.75) is 53.8 Å². The van der Waals surface area contributed by atoms with Gasteiger partial charge in [0.2, 0.25) is 0 Å². The quantitative estimate of drug-likeness (QED) is 0.712. The molecule has 7 heteroatoms. The molecule has 0 bridgehead atoms. The highest BCUT2D eigenvalue weighted by Gasteiger charge is 2.32. The Morgan fingerprint density at radius 2 is 1.75 bits per heavy atom. The average molecular weight is 344 g/mol. The van der Waals surface area contributed by atoms with E-state index in [0.29, 0.717) is 12.6 Å². The van der Waals surface area contributed by atoms with Crippen LogP contribution in [0.5, 0.6) is 0 Å². The third-order valence-corrected chi connectivity index (χ3v) is 3.30. The van der Waals surface area contributed by atoms with Crippen LogP contribution in [0.1, 0.15) is 41.5 Å². The molecule has 0 amide bonds. The topological polar surface area (TPSA) is 80.3 Å². The summed E-state index contributed by atoms with van der Waals surface area (Å²) in [5.41, 5.74) is -0.386. The fourth-order valence-corrected chi connectivity index (χ4v) is 1.65. The molecule has 0 saturated carbocycles. The largest absolute Gasteiger partial charge is 0.508 e. The summed E-state index contributed by atoms with van der Waals surface area (Å²) in [4.78, 5) is 21.8. The third-order valence-electron chi connectivity index (χ3n) is 3.30. The van der Waals surface area contributed by atoms with Crippen LogP contribution in [0.25, 0.3) is 0 Å². The highest BCUT2D eigenvalue weighted by Crippen LogP contribution is 2.28. The third kappa shape index (κ3) is 6.68. The second-order valence-corrected chi connectivity index (χ2v) is 7.80. The van der Waals surface area contributed by atoms with Gasteiger partial charge in [0.05, 0.1) is 5.41 Å². The molecule has 2 unspecified atom stereocenters. The Labute approximate surface area is 143 Å². The summed E-state index contributed by atoms with van der Waals surface area (Å²) in [6, 6.07) is 0. The molecule has 2 heterocycles. The number of rotatable bonds is 2. The lowest BCUT2D eigenvalue weighted by molar-refractivity contribution is -0.155. The Morgan fingerprint density at radius 1 is 1.12 bits per heavy atom. The number of ether oxygens (including phenoxy) is 5. The summed E-state index contributed by atoms with van der Waals surface area (Å²) < 4.78 is 24.5. The molecule has 7 nitrogen and oxygen atoms in total. The minimum atomic E-state index is -0.707. The van der Waals surface area contributed by atoms with Crippen LogP contribution < -0.4 is 0 Å². The standard InChI is InChI=1S/C9H14O5.C8H14O2/c1-9(2,3)7(10)12-4-6-5-13-8(11)14-6;1-6-9-5-7(10-6)8(2,3)4/h6H,4-5H2,1-3H3;7H,1,5H2,2-4H3. The van der Waals surface area contributed by atoms with Crippen molar-refractivity contribution in [3.63, 3.8) is 0 Å². The molecule has 2 fully saturated rings. The molecule has 0 aromatic rings. The summed E-state index contributed by atoms with van der Waals surface area (Å²) in [7, 11) is 0. The average Bonchev–Trinajstić information content (AvgIpc) is 3.04. The SMILES string of the molecule is C=C1OCC(C(C)(C)C)O1.CC(C)(C)C(=O)OCC1COC(=O)O1. The van der Waals surface area contributed by atoms with Gasteiger partial charge >= 0.3 is 12.1 Å². The van der Waals surface area contributed by atoms with Gasteiger partial charge in [0.1, 0.15) is 25.9 Å². The molecule has 0 spiro atoms. The normalized spacial score (nSPS) is 23.2. The van der Waals surface area contributed by atoms with E-state index in [-0.39, 0.29) is 30.7 Å². The predicted molar refractivity (Wildman–Crippen MR) is 86.1 cm³/mol. The number of cyclic esters (lactones) is 2. The molecule has 2 atom stereocenters. The molecular formula is C17H28O7. The smallest absolute Gasteiger partial charge is 0.462 e. The summed E-state index contributed by atoms with van der Waals surface area (Å²) >= 11 is 0. The van der Waals surface area contributed by atoms with Gasteiger partial charge in [-0.1, -0.05) is 20.8 Å². The molecule has 2 aliphatic rings. The minimum absolute atomic E-state index is 0.0574. The first-order valence-corrected chi connectivity index (χ1v) is 7.88. The van der Waals surface area contributed by atoms with Crippen molar-refractivity contribution in [3.05, 3.63) is 12.5 Å². The van der Waals surface area contributed by atoms with E-state index in [2.05, 4.69) is 36.8 Å². The first-order chi connectivity index (χ1) is 10.9. The van der Waals surface area contributed by atoms with Gasteiger partial charge in [-0.3, -0.25) is 4.79 Å². The van der Waals surface area contributed by atoms with E-state index in [1.165, 1.54) is 0 Å². The van der Waals surface area contributed by atoms with Gasteiger partial charge < -0.3 is 23.7 Å². The van der Waals surface area contributed by atoms with E-state index < -0.39 is 17.7 Å².